The Balaban J connectivity index is 1.54. The number of rotatable bonds is 6. The van der Waals surface area contributed by atoms with Crippen LogP contribution < -0.4 is 10.6 Å². The molecule has 2 N–H and O–H groups in total. The van der Waals surface area contributed by atoms with Crippen LogP contribution in [0.15, 0.2) is 60.5 Å². The summed E-state index contributed by atoms with van der Waals surface area (Å²) in [6, 6.07) is 8.26. The summed E-state index contributed by atoms with van der Waals surface area (Å²) < 4.78 is 15.9. The van der Waals surface area contributed by atoms with Crippen molar-refractivity contribution >= 4 is 39.7 Å². The first-order valence-electron chi connectivity index (χ1n) is 9.43. The van der Waals surface area contributed by atoms with Crippen molar-refractivity contribution in [2.24, 2.45) is 0 Å². The molecule has 0 saturated heterocycles. The quantitative estimate of drug-likeness (QED) is 0.322. The maximum absolute atomic E-state index is 14.5. The number of nitro benzene ring substituents is 1. The Morgan fingerprint density at radius 1 is 1.18 bits per heavy atom. The predicted molar refractivity (Wildman–Crippen MR) is 120 cm³/mol. The molecule has 0 atom stereocenters. The minimum absolute atomic E-state index is 0.0631. The van der Waals surface area contributed by atoms with Gasteiger partial charge in [0.1, 0.15) is 11.5 Å². The highest BCUT2D eigenvalue weighted by Crippen LogP contribution is 2.29. The molecule has 0 spiro atoms. The number of imidazole rings is 1. The highest BCUT2D eigenvalue weighted by Gasteiger charge is 2.20. The topological polar surface area (TPSA) is 132 Å². The van der Waals surface area contributed by atoms with Crippen molar-refractivity contribution in [3.05, 3.63) is 82.0 Å². The number of amides is 2. The van der Waals surface area contributed by atoms with E-state index in [1.165, 1.54) is 54.3 Å². The third-order valence-corrected chi connectivity index (χ3v) is 5.26. The second-order valence-electron chi connectivity index (χ2n) is 6.80. The first-order valence-corrected chi connectivity index (χ1v) is 10.3. The van der Waals surface area contributed by atoms with E-state index in [0.29, 0.717) is 11.4 Å². The number of nitrogens with one attached hydrogen (secondary N) is 2. The van der Waals surface area contributed by atoms with Crippen LogP contribution >= 0.6 is 11.3 Å². The van der Waals surface area contributed by atoms with Gasteiger partial charge in [0.25, 0.3) is 11.6 Å². The normalized spacial score (nSPS) is 10.6. The third-order valence-electron chi connectivity index (χ3n) is 4.51. The lowest BCUT2D eigenvalue weighted by Gasteiger charge is -2.07. The van der Waals surface area contributed by atoms with Crippen LogP contribution in [0.1, 0.15) is 17.3 Å². The molecular formula is C21H15FN6O4S. The van der Waals surface area contributed by atoms with Crippen LogP contribution in [0.4, 0.5) is 20.9 Å². The number of aromatic nitrogens is 3. The fourth-order valence-corrected chi connectivity index (χ4v) is 3.76. The van der Waals surface area contributed by atoms with Crippen molar-refractivity contribution in [1.29, 1.82) is 0 Å². The van der Waals surface area contributed by atoms with Gasteiger partial charge in [-0.05, 0) is 30.3 Å². The highest BCUT2D eigenvalue weighted by molar-refractivity contribution is 7.14. The summed E-state index contributed by atoms with van der Waals surface area (Å²) in [5.74, 6) is -1.51. The van der Waals surface area contributed by atoms with Crippen LogP contribution in [0.25, 0.3) is 16.9 Å². The fraction of sp³-hybridized carbons (Fsp3) is 0.0476. The number of nitro groups is 1. The van der Waals surface area contributed by atoms with Gasteiger partial charge in [0.2, 0.25) is 5.91 Å². The molecule has 10 nitrogen and oxygen atoms in total. The molecule has 0 bridgehead atoms. The number of nitrogens with zero attached hydrogens (tertiary/aromatic N) is 4. The number of anilines is 2. The molecule has 0 aliphatic carbocycles. The summed E-state index contributed by atoms with van der Waals surface area (Å²) in [7, 11) is 0. The lowest BCUT2D eigenvalue weighted by Crippen LogP contribution is -2.12. The zero-order valence-corrected chi connectivity index (χ0v) is 17.8. The van der Waals surface area contributed by atoms with Crippen molar-refractivity contribution in [3.8, 4) is 16.9 Å². The van der Waals surface area contributed by atoms with Gasteiger partial charge in [-0.1, -0.05) is 0 Å². The van der Waals surface area contributed by atoms with Crippen LogP contribution in [-0.4, -0.2) is 31.3 Å². The molecule has 0 aliphatic heterocycles. The monoisotopic (exact) mass is 466 g/mol. The lowest BCUT2D eigenvalue weighted by molar-refractivity contribution is -0.384. The molecule has 2 amide bonds. The smallest absolute Gasteiger partial charge is 0.294 e. The number of thiazole rings is 1. The molecule has 0 saturated carbocycles. The SMILES string of the molecule is CC(=O)Nc1ccc(-c2csc(NC(=O)c3ccc(-n4ccnc4)c([N+](=O)[O-])c3)n2)c(F)c1. The Bertz CT molecular complexity index is 1370. The van der Waals surface area contributed by atoms with Crippen molar-refractivity contribution in [3.63, 3.8) is 0 Å². The molecule has 4 aromatic rings. The largest absolute Gasteiger partial charge is 0.326 e. The van der Waals surface area contributed by atoms with E-state index in [-0.39, 0.29) is 33.5 Å². The van der Waals surface area contributed by atoms with Crippen molar-refractivity contribution in [2.45, 2.75) is 6.92 Å². The van der Waals surface area contributed by atoms with Crippen LogP contribution in [0.3, 0.4) is 0 Å². The second kappa shape index (κ2) is 8.96. The molecular weight excluding hydrogens is 451 g/mol. The van der Waals surface area contributed by atoms with Gasteiger partial charge < -0.3 is 9.88 Å². The predicted octanol–water partition coefficient (Wildman–Crippen LogP) is 4.25. The number of hydrogen-bond donors (Lipinski definition) is 2. The van der Waals surface area contributed by atoms with E-state index in [1.54, 1.807) is 17.6 Å². The van der Waals surface area contributed by atoms with Crippen molar-refractivity contribution in [2.75, 3.05) is 10.6 Å². The molecule has 33 heavy (non-hydrogen) atoms. The van der Waals surface area contributed by atoms with Gasteiger partial charge in [-0.3, -0.25) is 25.0 Å². The third kappa shape index (κ3) is 4.75. The molecule has 0 unspecified atom stereocenters. The zero-order chi connectivity index (χ0) is 23.5. The van der Waals surface area contributed by atoms with Gasteiger partial charge in [0.05, 0.1) is 16.9 Å². The average molecular weight is 466 g/mol. The van der Waals surface area contributed by atoms with Gasteiger partial charge in [0, 0.05) is 47.6 Å². The number of benzene rings is 2. The van der Waals surface area contributed by atoms with Crippen LogP contribution in [0.2, 0.25) is 0 Å². The number of carbonyl (C=O) groups excluding carboxylic acids is 2. The number of hydrogen-bond acceptors (Lipinski definition) is 7. The zero-order valence-electron chi connectivity index (χ0n) is 17.0. The summed E-state index contributed by atoms with van der Waals surface area (Å²) in [6.45, 7) is 1.32. The minimum Gasteiger partial charge on any atom is -0.326 e. The van der Waals surface area contributed by atoms with Crippen LogP contribution in [0, 0.1) is 15.9 Å². The van der Waals surface area contributed by atoms with Crippen molar-refractivity contribution in [1.82, 2.24) is 14.5 Å². The van der Waals surface area contributed by atoms with E-state index in [4.69, 9.17) is 0 Å². The molecule has 2 heterocycles. The van der Waals surface area contributed by atoms with Gasteiger partial charge in [-0.25, -0.2) is 14.4 Å². The Kier molecular flexibility index (Phi) is 5.91. The standard InChI is InChI=1S/C21H15FN6O4S/c1-12(29)24-14-3-4-15(16(22)9-14)17-10-33-21(25-17)26-20(30)13-2-5-18(19(8-13)28(31)32)27-7-6-23-11-27/h2-11H,1H3,(H,24,29)(H,25,26,30). The highest BCUT2D eigenvalue weighted by atomic mass is 32.1. The fourth-order valence-electron chi connectivity index (χ4n) is 3.06. The Morgan fingerprint density at radius 3 is 2.67 bits per heavy atom. The molecule has 2 aromatic heterocycles. The molecule has 166 valence electrons. The van der Waals surface area contributed by atoms with E-state index < -0.39 is 16.6 Å². The summed E-state index contributed by atoms with van der Waals surface area (Å²) in [4.78, 5) is 42.8. The Labute approximate surface area is 189 Å². The maximum atomic E-state index is 14.5. The van der Waals surface area contributed by atoms with Crippen LogP contribution in [-0.2, 0) is 4.79 Å². The van der Waals surface area contributed by atoms with E-state index in [9.17, 15) is 24.1 Å². The Hall–Kier alpha value is -4.45. The van der Waals surface area contributed by atoms with Gasteiger partial charge in [-0.15, -0.1) is 11.3 Å². The molecule has 0 fully saturated rings. The van der Waals surface area contributed by atoms with Crippen molar-refractivity contribution < 1.29 is 18.9 Å². The molecule has 12 heteroatoms. The minimum atomic E-state index is -0.599. The summed E-state index contributed by atoms with van der Waals surface area (Å²) in [6.07, 6.45) is 4.46. The number of carbonyl (C=O) groups is 2. The number of halogens is 1. The maximum Gasteiger partial charge on any atom is 0.294 e. The second-order valence-corrected chi connectivity index (χ2v) is 7.66. The van der Waals surface area contributed by atoms with E-state index in [2.05, 4.69) is 20.6 Å². The van der Waals surface area contributed by atoms with E-state index in [1.807, 2.05) is 0 Å². The summed E-state index contributed by atoms with van der Waals surface area (Å²) >= 11 is 1.08. The Morgan fingerprint density at radius 2 is 2.00 bits per heavy atom. The molecule has 0 radical (unpaired) electrons. The lowest BCUT2D eigenvalue weighted by atomic mass is 10.1. The van der Waals surface area contributed by atoms with E-state index in [0.717, 1.165) is 11.3 Å². The van der Waals surface area contributed by atoms with Gasteiger partial charge in [-0.2, -0.15) is 0 Å². The van der Waals surface area contributed by atoms with Crippen LogP contribution in [0.5, 0.6) is 0 Å². The van der Waals surface area contributed by atoms with Gasteiger partial charge >= 0.3 is 0 Å². The summed E-state index contributed by atoms with van der Waals surface area (Å²) in [5, 5.41) is 18.3. The first kappa shape index (κ1) is 21.8. The molecule has 0 aliphatic rings. The molecule has 2 aromatic carbocycles. The average Bonchev–Trinajstić information content (AvgIpc) is 3.45. The molecule has 4 rings (SSSR count). The van der Waals surface area contributed by atoms with Gasteiger partial charge in [0.15, 0.2) is 5.13 Å². The first-order chi connectivity index (χ1) is 15.8. The summed E-state index contributed by atoms with van der Waals surface area (Å²) in [5.41, 5.74) is 0.872. The van der Waals surface area contributed by atoms with E-state index >= 15 is 0 Å².